The molecule has 2 heterocycles. The van der Waals surface area contributed by atoms with Gasteiger partial charge in [0.05, 0.1) is 32.4 Å². The van der Waals surface area contributed by atoms with Crippen LogP contribution in [-0.4, -0.2) is 62.0 Å². The molecule has 9 heteroatoms. The summed E-state index contributed by atoms with van der Waals surface area (Å²) in [6.45, 7) is 1.15. The summed E-state index contributed by atoms with van der Waals surface area (Å²) in [4.78, 5) is 41.5. The zero-order chi connectivity index (χ0) is 23.5. The van der Waals surface area contributed by atoms with Crippen LogP contribution in [0.2, 0.25) is 0 Å². The maximum absolute atomic E-state index is 13.2. The van der Waals surface area contributed by atoms with Crippen molar-refractivity contribution in [3.63, 3.8) is 0 Å². The third-order valence-corrected chi connectivity index (χ3v) is 6.13. The highest BCUT2D eigenvalue weighted by Crippen LogP contribution is 2.33. The fraction of sp³-hybridized carbons (Fsp3) is 0.375. The van der Waals surface area contributed by atoms with Crippen LogP contribution in [0.25, 0.3) is 0 Å². The molecule has 0 saturated carbocycles. The highest BCUT2D eigenvalue weighted by atomic mass is 19.1. The van der Waals surface area contributed by atoms with Gasteiger partial charge in [-0.1, -0.05) is 0 Å². The monoisotopic (exact) mass is 455 g/mol. The molecule has 1 N–H and O–H groups in total. The number of piperidine rings is 1. The number of hydrogen-bond donors (Lipinski definition) is 1. The Balaban J connectivity index is 1.38. The fourth-order valence-corrected chi connectivity index (χ4v) is 4.32. The van der Waals surface area contributed by atoms with Crippen LogP contribution in [0.15, 0.2) is 42.5 Å². The minimum absolute atomic E-state index is 0.0511. The molecule has 2 aromatic rings. The van der Waals surface area contributed by atoms with Crippen LogP contribution in [0.3, 0.4) is 0 Å². The minimum Gasteiger partial charge on any atom is -0.497 e. The van der Waals surface area contributed by atoms with Gasteiger partial charge in [-0.05, 0) is 37.1 Å². The number of imide groups is 1. The first-order chi connectivity index (χ1) is 15.9. The smallest absolute Gasteiger partial charge is 0.251 e. The maximum Gasteiger partial charge on any atom is 0.251 e. The average molecular weight is 455 g/mol. The number of nitrogens with one attached hydrogen (secondary N) is 1. The van der Waals surface area contributed by atoms with Crippen molar-refractivity contribution in [2.75, 3.05) is 32.2 Å². The number of carbonyl (C=O) groups is 3. The molecule has 0 aliphatic carbocycles. The Kier molecular flexibility index (Phi) is 6.60. The van der Waals surface area contributed by atoms with E-state index in [1.807, 2.05) is 4.90 Å². The molecule has 0 spiro atoms. The first kappa shape index (κ1) is 22.7. The molecule has 2 aromatic carbocycles. The predicted molar refractivity (Wildman–Crippen MR) is 119 cm³/mol. The van der Waals surface area contributed by atoms with Gasteiger partial charge in [0.2, 0.25) is 5.91 Å². The van der Waals surface area contributed by atoms with Crippen LogP contribution < -0.4 is 19.7 Å². The quantitative estimate of drug-likeness (QED) is 0.673. The van der Waals surface area contributed by atoms with E-state index in [1.165, 1.54) is 43.4 Å². The van der Waals surface area contributed by atoms with Crippen molar-refractivity contribution >= 4 is 23.4 Å². The number of likely N-dealkylation sites (tertiary alicyclic amines) is 1. The third kappa shape index (κ3) is 4.83. The van der Waals surface area contributed by atoms with Gasteiger partial charge in [-0.25, -0.2) is 9.29 Å². The summed E-state index contributed by atoms with van der Waals surface area (Å²) in [7, 11) is 3.02. The molecule has 174 valence electrons. The lowest BCUT2D eigenvalue weighted by atomic mass is 10.0. The molecular weight excluding hydrogens is 429 g/mol. The Bertz CT molecular complexity index is 1030. The Labute approximate surface area is 191 Å². The second-order valence-electron chi connectivity index (χ2n) is 8.15. The van der Waals surface area contributed by atoms with E-state index in [0.29, 0.717) is 48.7 Å². The lowest BCUT2D eigenvalue weighted by Gasteiger charge is -2.35. The Morgan fingerprint density at radius 1 is 1.00 bits per heavy atom. The summed E-state index contributed by atoms with van der Waals surface area (Å²) in [6.07, 6.45) is 1.40. The van der Waals surface area contributed by atoms with Gasteiger partial charge in [-0.2, -0.15) is 0 Å². The van der Waals surface area contributed by atoms with Crippen LogP contribution in [0, 0.1) is 5.82 Å². The van der Waals surface area contributed by atoms with Crippen LogP contribution >= 0.6 is 0 Å². The average Bonchev–Trinajstić information content (AvgIpc) is 3.13. The van der Waals surface area contributed by atoms with Gasteiger partial charge in [0.25, 0.3) is 11.8 Å². The SMILES string of the molecule is COc1cc(OC)cc(N2C(=O)CC(N3CCC(NC(=O)c4ccc(F)cc4)CC3)C2=O)c1. The van der Waals surface area contributed by atoms with Crippen molar-refractivity contribution in [1.29, 1.82) is 0 Å². The molecule has 1 atom stereocenters. The minimum atomic E-state index is -0.538. The van der Waals surface area contributed by atoms with Crippen molar-refractivity contribution in [2.45, 2.75) is 31.3 Å². The number of methoxy groups -OCH3 is 2. The van der Waals surface area contributed by atoms with E-state index in [2.05, 4.69) is 5.32 Å². The van der Waals surface area contributed by atoms with E-state index in [9.17, 15) is 18.8 Å². The Hall–Kier alpha value is -3.46. The molecule has 33 heavy (non-hydrogen) atoms. The number of rotatable bonds is 6. The van der Waals surface area contributed by atoms with Gasteiger partial charge in [0, 0.05) is 42.9 Å². The number of benzene rings is 2. The van der Waals surface area contributed by atoms with Crippen molar-refractivity contribution in [2.24, 2.45) is 0 Å². The highest BCUT2D eigenvalue weighted by molar-refractivity contribution is 6.22. The van der Waals surface area contributed by atoms with Gasteiger partial charge in [0.15, 0.2) is 0 Å². The molecule has 2 aliphatic heterocycles. The zero-order valence-corrected chi connectivity index (χ0v) is 18.5. The van der Waals surface area contributed by atoms with E-state index in [1.54, 1.807) is 18.2 Å². The molecule has 0 bridgehead atoms. The molecule has 3 amide bonds. The first-order valence-corrected chi connectivity index (χ1v) is 10.8. The predicted octanol–water partition coefficient (Wildman–Crippen LogP) is 2.37. The van der Waals surface area contributed by atoms with Crippen LogP contribution in [0.5, 0.6) is 11.5 Å². The van der Waals surface area contributed by atoms with E-state index in [-0.39, 0.29) is 30.2 Å². The summed E-state index contributed by atoms with van der Waals surface area (Å²) >= 11 is 0. The highest BCUT2D eigenvalue weighted by Gasteiger charge is 2.43. The van der Waals surface area contributed by atoms with Crippen molar-refractivity contribution in [1.82, 2.24) is 10.2 Å². The van der Waals surface area contributed by atoms with Crippen molar-refractivity contribution in [3.8, 4) is 11.5 Å². The topological polar surface area (TPSA) is 88.2 Å². The standard InChI is InChI=1S/C24H26FN3O5/c1-32-19-11-18(12-20(13-19)33-2)28-22(29)14-21(24(28)31)27-9-7-17(8-10-27)26-23(30)15-3-5-16(25)6-4-15/h3-6,11-13,17,21H,7-10,14H2,1-2H3,(H,26,30). The van der Waals surface area contributed by atoms with Gasteiger partial charge in [-0.3, -0.25) is 19.3 Å². The van der Waals surface area contributed by atoms with Gasteiger partial charge < -0.3 is 14.8 Å². The van der Waals surface area contributed by atoms with Crippen LogP contribution in [0.1, 0.15) is 29.6 Å². The lowest BCUT2D eigenvalue weighted by molar-refractivity contribution is -0.123. The molecule has 2 aliphatic rings. The number of amides is 3. The Morgan fingerprint density at radius 2 is 1.61 bits per heavy atom. The molecule has 1 unspecified atom stereocenters. The maximum atomic E-state index is 13.2. The largest absolute Gasteiger partial charge is 0.497 e. The summed E-state index contributed by atoms with van der Waals surface area (Å²) in [5.41, 5.74) is 0.824. The molecular formula is C24H26FN3O5. The summed E-state index contributed by atoms with van der Waals surface area (Å²) in [5.74, 6) is -0.204. The molecule has 0 radical (unpaired) electrons. The number of carbonyl (C=O) groups excluding carboxylic acids is 3. The van der Waals surface area contributed by atoms with Crippen molar-refractivity contribution < 1.29 is 28.2 Å². The molecule has 2 fully saturated rings. The van der Waals surface area contributed by atoms with Gasteiger partial charge in [0.1, 0.15) is 17.3 Å². The van der Waals surface area contributed by atoms with Gasteiger partial charge in [-0.15, -0.1) is 0 Å². The summed E-state index contributed by atoms with van der Waals surface area (Å²) < 4.78 is 23.6. The van der Waals surface area contributed by atoms with E-state index in [0.717, 1.165) is 0 Å². The lowest BCUT2D eigenvalue weighted by Crippen LogP contribution is -2.50. The van der Waals surface area contributed by atoms with E-state index in [4.69, 9.17) is 9.47 Å². The number of halogens is 1. The van der Waals surface area contributed by atoms with Gasteiger partial charge >= 0.3 is 0 Å². The second-order valence-corrected chi connectivity index (χ2v) is 8.15. The number of hydrogen-bond acceptors (Lipinski definition) is 6. The number of anilines is 1. The third-order valence-electron chi connectivity index (χ3n) is 6.13. The molecule has 2 saturated heterocycles. The van der Waals surface area contributed by atoms with E-state index >= 15 is 0 Å². The fourth-order valence-electron chi connectivity index (χ4n) is 4.32. The normalized spacial score (nSPS) is 19.6. The summed E-state index contributed by atoms with van der Waals surface area (Å²) in [5, 5.41) is 2.97. The molecule has 0 aromatic heterocycles. The number of nitrogens with zero attached hydrogens (tertiary/aromatic N) is 2. The van der Waals surface area contributed by atoms with Crippen molar-refractivity contribution in [3.05, 3.63) is 53.8 Å². The zero-order valence-electron chi connectivity index (χ0n) is 18.5. The summed E-state index contributed by atoms with van der Waals surface area (Å²) in [6, 6.07) is 9.77. The Morgan fingerprint density at radius 3 is 2.18 bits per heavy atom. The second kappa shape index (κ2) is 9.58. The van der Waals surface area contributed by atoms with Crippen LogP contribution in [-0.2, 0) is 9.59 Å². The molecule has 4 rings (SSSR count). The first-order valence-electron chi connectivity index (χ1n) is 10.8. The van der Waals surface area contributed by atoms with E-state index < -0.39 is 11.9 Å². The van der Waals surface area contributed by atoms with Crippen LogP contribution in [0.4, 0.5) is 10.1 Å². The molecule has 8 nitrogen and oxygen atoms in total. The number of ether oxygens (including phenoxy) is 2.